The Hall–Kier alpha value is -2.12. The molecule has 24 heavy (non-hydrogen) atoms. The molecule has 0 fully saturated rings. The predicted molar refractivity (Wildman–Crippen MR) is 90.4 cm³/mol. The van der Waals surface area contributed by atoms with Gasteiger partial charge in [0.1, 0.15) is 29.5 Å². The van der Waals surface area contributed by atoms with Crippen molar-refractivity contribution in [3.8, 4) is 17.2 Å². The molecular weight excluding hydrogens is 379 g/mol. The van der Waals surface area contributed by atoms with E-state index in [0.29, 0.717) is 22.9 Å². The Balaban J connectivity index is 2.06. The van der Waals surface area contributed by atoms with Crippen molar-refractivity contribution in [1.82, 2.24) is 0 Å². The van der Waals surface area contributed by atoms with Gasteiger partial charge in [0.05, 0.1) is 13.7 Å². The minimum absolute atomic E-state index is 0.118. The van der Waals surface area contributed by atoms with Gasteiger partial charge in [-0.2, -0.15) is 0 Å². The summed E-state index contributed by atoms with van der Waals surface area (Å²) in [5.41, 5.74) is 6.28. The zero-order valence-corrected chi connectivity index (χ0v) is 14.4. The third-order valence-corrected chi connectivity index (χ3v) is 4.69. The summed E-state index contributed by atoms with van der Waals surface area (Å²) < 4.78 is 32.1. The fraction of sp³-hybridized carbons (Fsp3) is 0.235. The van der Waals surface area contributed by atoms with Gasteiger partial charge in [0.15, 0.2) is 11.6 Å². The SMILES string of the molecule is COc1cc(F)c2c(c1)[C@@]1(COCC(N)=N1)c1cc(Br)ccc1O2. The molecule has 2 aliphatic rings. The number of benzene rings is 2. The first-order valence-corrected chi connectivity index (χ1v) is 8.10. The number of nitrogens with two attached hydrogens (primary N) is 1. The van der Waals surface area contributed by atoms with Crippen molar-refractivity contribution in [2.24, 2.45) is 10.7 Å². The lowest BCUT2D eigenvalue weighted by Crippen LogP contribution is -2.42. The van der Waals surface area contributed by atoms with E-state index in [1.54, 1.807) is 12.1 Å². The van der Waals surface area contributed by atoms with Crippen LogP contribution in [0.5, 0.6) is 17.2 Å². The first-order chi connectivity index (χ1) is 11.5. The lowest BCUT2D eigenvalue weighted by Gasteiger charge is -2.39. The molecular formula is C17H14BrFN2O3. The molecule has 0 bridgehead atoms. The molecule has 124 valence electrons. The maximum Gasteiger partial charge on any atom is 0.169 e. The molecule has 1 atom stereocenters. The van der Waals surface area contributed by atoms with E-state index in [2.05, 4.69) is 20.9 Å². The summed E-state index contributed by atoms with van der Waals surface area (Å²) in [4.78, 5) is 4.66. The van der Waals surface area contributed by atoms with Crippen molar-refractivity contribution in [3.05, 3.63) is 51.7 Å². The highest BCUT2D eigenvalue weighted by atomic mass is 79.9. The Labute approximate surface area is 146 Å². The smallest absolute Gasteiger partial charge is 0.169 e. The summed E-state index contributed by atoms with van der Waals surface area (Å²) >= 11 is 3.46. The average Bonchev–Trinajstić information content (AvgIpc) is 2.56. The van der Waals surface area contributed by atoms with Crippen LogP contribution in [0.4, 0.5) is 4.39 Å². The third-order valence-electron chi connectivity index (χ3n) is 4.19. The molecule has 2 aromatic carbocycles. The first-order valence-electron chi connectivity index (χ1n) is 7.31. The lowest BCUT2D eigenvalue weighted by molar-refractivity contribution is 0.109. The predicted octanol–water partition coefficient (Wildman–Crippen LogP) is 3.33. The van der Waals surface area contributed by atoms with E-state index in [1.807, 2.05) is 12.1 Å². The van der Waals surface area contributed by atoms with Crippen LogP contribution in [0.1, 0.15) is 11.1 Å². The molecule has 2 aromatic rings. The number of rotatable bonds is 1. The molecule has 7 heteroatoms. The van der Waals surface area contributed by atoms with Crippen LogP contribution >= 0.6 is 15.9 Å². The van der Waals surface area contributed by atoms with E-state index < -0.39 is 11.4 Å². The van der Waals surface area contributed by atoms with Gasteiger partial charge in [0, 0.05) is 21.7 Å². The maximum atomic E-state index is 14.6. The topological polar surface area (TPSA) is 66.1 Å². The number of aliphatic imine (C=N–C) groups is 1. The van der Waals surface area contributed by atoms with Crippen molar-refractivity contribution in [2.75, 3.05) is 20.3 Å². The number of halogens is 2. The monoisotopic (exact) mass is 392 g/mol. The van der Waals surface area contributed by atoms with Gasteiger partial charge in [0.25, 0.3) is 0 Å². The van der Waals surface area contributed by atoms with Gasteiger partial charge in [-0.3, -0.25) is 4.99 Å². The van der Waals surface area contributed by atoms with Gasteiger partial charge in [-0.05, 0) is 24.3 Å². The molecule has 0 aliphatic carbocycles. The van der Waals surface area contributed by atoms with Crippen molar-refractivity contribution in [3.63, 3.8) is 0 Å². The molecule has 0 unspecified atom stereocenters. The second-order valence-electron chi connectivity index (χ2n) is 5.68. The van der Waals surface area contributed by atoms with E-state index in [-0.39, 0.29) is 19.0 Å². The van der Waals surface area contributed by atoms with Gasteiger partial charge in [-0.25, -0.2) is 4.39 Å². The summed E-state index contributed by atoms with van der Waals surface area (Å²) in [5.74, 6) is 0.858. The van der Waals surface area contributed by atoms with E-state index in [1.165, 1.54) is 13.2 Å². The van der Waals surface area contributed by atoms with Crippen LogP contribution in [0.25, 0.3) is 0 Å². The molecule has 0 saturated heterocycles. The Morgan fingerprint density at radius 2 is 2.12 bits per heavy atom. The van der Waals surface area contributed by atoms with Crippen LogP contribution in [-0.2, 0) is 10.3 Å². The van der Waals surface area contributed by atoms with Crippen LogP contribution in [-0.4, -0.2) is 26.2 Å². The standard InChI is InChI=1S/C17H14BrFN2O3/c1-22-10-5-12-16(13(19)6-10)24-14-3-2-9(18)4-11(14)17(12)8-23-7-15(20)21-17/h2-6H,7-8H2,1H3,(H2,20,21)/t17-/m1/s1. The van der Waals surface area contributed by atoms with E-state index >= 15 is 0 Å². The van der Waals surface area contributed by atoms with E-state index in [4.69, 9.17) is 19.9 Å². The summed E-state index contributed by atoms with van der Waals surface area (Å²) in [6.07, 6.45) is 0. The number of ether oxygens (including phenoxy) is 3. The lowest BCUT2D eigenvalue weighted by atomic mass is 9.80. The molecule has 2 heterocycles. The van der Waals surface area contributed by atoms with E-state index in [0.717, 1.165) is 10.0 Å². The molecule has 0 saturated carbocycles. The highest BCUT2D eigenvalue weighted by molar-refractivity contribution is 9.10. The Morgan fingerprint density at radius 3 is 2.88 bits per heavy atom. The second kappa shape index (κ2) is 5.46. The Morgan fingerprint density at radius 1 is 1.29 bits per heavy atom. The molecule has 2 N–H and O–H groups in total. The second-order valence-corrected chi connectivity index (χ2v) is 6.60. The average molecular weight is 393 g/mol. The van der Waals surface area contributed by atoms with Crippen molar-refractivity contribution in [2.45, 2.75) is 5.54 Å². The quantitative estimate of drug-likeness (QED) is 0.807. The van der Waals surface area contributed by atoms with Gasteiger partial charge < -0.3 is 19.9 Å². The van der Waals surface area contributed by atoms with Gasteiger partial charge in [-0.15, -0.1) is 0 Å². The fourth-order valence-corrected chi connectivity index (χ4v) is 3.52. The first kappa shape index (κ1) is 15.4. The number of fused-ring (bicyclic) bond motifs is 4. The van der Waals surface area contributed by atoms with Gasteiger partial charge in [0.2, 0.25) is 0 Å². The number of methoxy groups -OCH3 is 1. The molecule has 5 nitrogen and oxygen atoms in total. The van der Waals surface area contributed by atoms with Crippen LogP contribution in [0.15, 0.2) is 39.8 Å². The zero-order valence-electron chi connectivity index (χ0n) is 12.8. The highest BCUT2D eigenvalue weighted by Crippen LogP contribution is 2.52. The normalized spacial score (nSPS) is 21.5. The number of nitrogens with zero attached hydrogens (tertiary/aromatic N) is 1. The van der Waals surface area contributed by atoms with Crippen LogP contribution < -0.4 is 15.2 Å². The summed E-state index contributed by atoms with van der Waals surface area (Å²) in [7, 11) is 1.48. The largest absolute Gasteiger partial charge is 0.497 e. The number of amidine groups is 1. The highest BCUT2D eigenvalue weighted by Gasteiger charge is 2.46. The van der Waals surface area contributed by atoms with Crippen LogP contribution in [0, 0.1) is 5.82 Å². The Kier molecular flexibility index (Phi) is 3.51. The van der Waals surface area contributed by atoms with Crippen LogP contribution in [0.3, 0.4) is 0 Å². The summed E-state index contributed by atoms with van der Waals surface area (Å²) in [5, 5.41) is 0. The third kappa shape index (κ3) is 2.19. The van der Waals surface area contributed by atoms with Crippen LogP contribution in [0.2, 0.25) is 0 Å². The summed E-state index contributed by atoms with van der Waals surface area (Å²) in [6.45, 7) is 0.480. The minimum atomic E-state index is -0.968. The molecule has 4 rings (SSSR count). The molecule has 2 aliphatic heterocycles. The van der Waals surface area contributed by atoms with E-state index in [9.17, 15) is 4.39 Å². The molecule has 0 aromatic heterocycles. The van der Waals surface area contributed by atoms with Crippen molar-refractivity contribution < 1.29 is 18.6 Å². The molecule has 0 radical (unpaired) electrons. The summed E-state index contributed by atoms with van der Waals surface area (Å²) in [6, 6.07) is 8.49. The van der Waals surface area contributed by atoms with Gasteiger partial charge in [-0.1, -0.05) is 15.9 Å². The minimum Gasteiger partial charge on any atom is -0.497 e. The van der Waals surface area contributed by atoms with Crippen molar-refractivity contribution >= 4 is 21.8 Å². The van der Waals surface area contributed by atoms with Gasteiger partial charge >= 0.3 is 0 Å². The fourth-order valence-electron chi connectivity index (χ4n) is 3.16. The zero-order chi connectivity index (χ0) is 16.9. The number of hydrogen-bond acceptors (Lipinski definition) is 5. The number of hydrogen-bond donors (Lipinski definition) is 1. The molecule has 1 spiro atoms. The molecule has 0 amide bonds. The van der Waals surface area contributed by atoms with Crippen molar-refractivity contribution in [1.29, 1.82) is 0 Å². The Bertz CT molecular complexity index is 871. The maximum absolute atomic E-state index is 14.6.